The van der Waals surface area contributed by atoms with Crippen LogP contribution in [0.1, 0.15) is 35.6 Å². The fourth-order valence-corrected chi connectivity index (χ4v) is 3.42. The molecule has 4 rings (SSSR count). The molecule has 1 aliphatic rings. The van der Waals surface area contributed by atoms with Gasteiger partial charge in [-0.25, -0.2) is 9.97 Å². The fourth-order valence-electron chi connectivity index (χ4n) is 3.42. The Hall–Kier alpha value is -2.51. The molecule has 1 aliphatic heterocycles. The molecule has 1 aromatic carbocycles. The van der Waals surface area contributed by atoms with E-state index < -0.39 is 0 Å². The Morgan fingerprint density at radius 3 is 3.00 bits per heavy atom. The number of benzene rings is 1. The number of ether oxygens (including phenoxy) is 1. The molecule has 0 aliphatic carbocycles. The summed E-state index contributed by atoms with van der Waals surface area (Å²) in [7, 11) is 0. The number of aromatic amines is 1. The minimum atomic E-state index is -0.0310. The predicted molar refractivity (Wildman–Crippen MR) is 97.4 cm³/mol. The van der Waals surface area contributed by atoms with Crippen molar-refractivity contribution in [3.8, 4) is 0 Å². The van der Waals surface area contributed by atoms with E-state index >= 15 is 0 Å². The summed E-state index contributed by atoms with van der Waals surface area (Å²) in [6, 6.07) is 10.4. The standard InChI is InChI=1S/C19H24N6O/c1-14-22-19(24-23-14)18-16(7-10-26-18)11-20-12-17-21-8-9-25(17)13-15-5-3-2-4-6-15/h2-6,8-9,16,18,20H,7,10-13H2,1H3,(H,22,23,24)/t16-,18-/m0/s1. The molecule has 3 heterocycles. The second-order valence-electron chi connectivity index (χ2n) is 6.71. The monoisotopic (exact) mass is 352 g/mol. The summed E-state index contributed by atoms with van der Waals surface area (Å²) in [6.45, 7) is 5.09. The number of nitrogens with zero attached hydrogens (tertiary/aromatic N) is 4. The zero-order chi connectivity index (χ0) is 17.8. The van der Waals surface area contributed by atoms with E-state index in [1.54, 1.807) is 0 Å². The van der Waals surface area contributed by atoms with Crippen molar-refractivity contribution >= 4 is 0 Å². The van der Waals surface area contributed by atoms with Crippen LogP contribution in [0.25, 0.3) is 0 Å². The van der Waals surface area contributed by atoms with Gasteiger partial charge in [0.2, 0.25) is 0 Å². The molecule has 2 aromatic heterocycles. The zero-order valence-corrected chi connectivity index (χ0v) is 14.9. The van der Waals surface area contributed by atoms with Crippen molar-refractivity contribution in [2.45, 2.75) is 32.5 Å². The van der Waals surface area contributed by atoms with E-state index in [2.05, 4.69) is 54.3 Å². The van der Waals surface area contributed by atoms with Crippen LogP contribution in [-0.4, -0.2) is 37.9 Å². The lowest BCUT2D eigenvalue weighted by Crippen LogP contribution is -2.26. The highest BCUT2D eigenvalue weighted by Crippen LogP contribution is 2.32. The highest BCUT2D eigenvalue weighted by atomic mass is 16.5. The molecule has 2 N–H and O–H groups in total. The van der Waals surface area contributed by atoms with Gasteiger partial charge in [0.1, 0.15) is 17.8 Å². The first-order chi connectivity index (χ1) is 12.8. The van der Waals surface area contributed by atoms with Crippen LogP contribution in [0.4, 0.5) is 0 Å². The van der Waals surface area contributed by atoms with Crippen LogP contribution in [0, 0.1) is 12.8 Å². The summed E-state index contributed by atoms with van der Waals surface area (Å²) in [4.78, 5) is 8.92. The molecular weight excluding hydrogens is 328 g/mol. The first-order valence-electron chi connectivity index (χ1n) is 9.05. The van der Waals surface area contributed by atoms with Crippen molar-refractivity contribution in [1.82, 2.24) is 30.0 Å². The molecule has 0 bridgehead atoms. The number of hydrogen-bond acceptors (Lipinski definition) is 5. The summed E-state index contributed by atoms with van der Waals surface area (Å²) >= 11 is 0. The lowest BCUT2D eigenvalue weighted by Gasteiger charge is -2.16. The van der Waals surface area contributed by atoms with Crippen molar-refractivity contribution in [1.29, 1.82) is 0 Å². The van der Waals surface area contributed by atoms with Crippen LogP contribution in [0.15, 0.2) is 42.7 Å². The molecule has 26 heavy (non-hydrogen) atoms. The Morgan fingerprint density at radius 1 is 1.31 bits per heavy atom. The lowest BCUT2D eigenvalue weighted by molar-refractivity contribution is 0.0834. The molecular formula is C19H24N6O. The second-order valence-corrected chi connectivity index (χ2v) is 6.71. The van der Waals surface area contributed by atoms with Gasteiger partial charge in [-0.05, 0) is 18.9 Å². The van der Waals surface area contributed by atoms with Crippen molar-refractivity contribution in [2.75, 3.05) is 13.2 Å². The van der Waals surface area contributed by atoms with Crippen LogP contribution in [0.3, 0.4) is 0 Å². The summed E-state index contributed by atoms with van der Waals surface area (Å²) in [6.07, 6.45) is 4.88. The van der Waals surface area contributed by atoms with Crippen LogP contribution in [0.5, 0.6) is 0 Å². The SMILES string of the molecule is Cc1nc([C@H]2OCC[C@H]2CNCc2nccn2Cc2ccccc2)n[nH]1. The highest BCUT2D eigenvalue weighted by Gasteiger charge is 2.32. The van der Waals surface area contributed by atoms with Gasteiger partial charge in [-0.1, -0.05) is 30.3 Å². The lowest BCUT2D eigenvalue weighted by atomic mass is 10.0. The average molecular weight is 352 g/mol. The molecule has 0 unspecified atom stereocenters. The summed E-state index contributed by atoms with van der Waals surface area (Å²) in [5.74, 6) is 3.00. The minimum Gasteiger partial charge on any atom is -0.370 e. The molecule has 7 nitrogen and oxygen atoms in total. The maximum atomic E-state index is 5.85. The summed E-state index contributed by atoms with van der Waals surface area (Å²) in [5, 5.41) is 10.7. The maximum absolute atomic E-state index is 5.85. The molecule has 1 saturated heterocycles. The molecule has 0 radical (unpaired) electrons. The number of aromatic nitrogens is 5. The molecule has 136 valence electrons. The van der Waals surface area contributed by atoms with E-state index in [0.29, 0.717) is 5.92 Å². The number of H-pyrrole nitrogens is 1. The van der Waals surface area contributed by atoms with Gasteiger partial charge in [0, 0.05) is 38.0 Å². The zero-order valence-electron chi connectivity index (χ0n) is 14.9. The smallest absolute Gasteiger partial charge is 0.179 e. The van der Waals surface area contributed by atoms with Gasteiger partial charge >= 0.3 is 0 Å². The Kier molecular flexibility index (Phi) is 5.08. The highest BCUT2D eigenvalue weighted by molar-refractivity contribution is 5.15. The topological polar surface area (TPSA) is 80.7 Å². The van der Waals surface area contributed by atoms with E-state index in [9.17, 15) is 0 Å². The van der Waals surface area contributed by atoms with Crippen molar-refractivity contribution < 1.29 is 4.74 Å². The molecule has 0 amide bonds. The van der Waals surface area contributed by atoms with Gasteiger partial charge in [-0.2, -0.15) is 5.10 Å². The van der Waals surface area contributed by atoms with E-state index in [1.807, 2.05) is 25.4 Å². The molecule has 1 fully saturated rings. The second kappa shape index (κ2) is 7.80. The van der Waals surface area contributed by atoms with E-state index in [-0.39, 0.29) is 6.10 Å². The molecule has 0 spiro atoms. The molecule has 7 heteroatoms. The first kappa shape index (κ1) is 16.9. The minimum absolute atomic E-state index is 0.0310. The first-order valence-corrected chi connectivity index (χ1v) is 9.05. The van der Waals surface area contributed by atoms with Crippen molar-refractivity contribution in [2.24, 2.45) is 5.92 Å². The Morgan fingerprint density at radius 2 is 2.19 bits per heavy atom. The van der Waals surface area contributed by atoms with E-state index in [4.69, 9.17) is 4.74 Å². The van der Waals surface area contributed by atoms with Gasteiger partial charge in [-0.3, -0.25) is 5.10 Å². The maximum Gasteiger partial charge on any atom is 0.179 e. The Labute approximate surface area is 152 Å². The third-order valence-electron chi connectivity index (χ3n) is 4.77. The molecule has 0 saturated carbocycles. The van der Waals surface area contributed by atoms with Crippen LogP contribution < -0.4 is 5.32 Å². The number of aryl methyl sites for hydroxylation is 1. The van der Waals surface area contributed by atoms with Gasteiger partial charge in [0.25, 0.3) is 0 Å². The Bertz CT molecular complexity index is 827. The number of hydrogen-bond donors (Lipinski definition) is 2. The average Bonchev–Trinajstić information content (AvgIpc) is 3.38. The summed E-state index contributed by atoms with van der Waals surface area (Å²) in [5.41, 5.74) is 1.27. The van der Waals surface area contributed by atoms with Gasteiger partial charge in [0.15, 0.2) is 5.82 Å². The van der Waals surface area contributed by atoms with Gasteiger partial charge < -0.3 is 14.6 Å². The van der Waals surface area contributed by atoms with Crippen LogP contribution in [-0.2, 0) is 17.8 Å². The quantitative estimate of drug-likeness (QED) is 0.681. The van der Waals surface area contributed by atoms with E-state index in [0.717, 1.165) is 50.1 Å². The Balaban J connectivity index is 1.33. The van der Waals surface area contributed by atoms with Gasteiger partial charge in [0.05, 0.1) is 6.54 Å². The third kappa shape index (κ3) is 3.84. The number of nitrogens with one attached hydrogen (secondary N) is 2. The van der Waals surface area contributed by atoms with Crippen LogP contribution >= 0.6 is 0 Å². The van der Waals surface area contributed by atoms with Crippen molar-refractivity contribution in [3.05, 3.63) is 65.8 Å². The van der Waals surface area contributed by atoms with Crippen molar-refractivity contribution in [3.63, 3.8) is 0 Å². The third-order valence-corrected chi connectivity index (χ3v) is 4.77. The summed E-state index contributed by atoms with van der Waals surface area (Å²) < 4.78 is 8.03. The normalized spacial score (nSPS) is 19.9. The fraction of sp³-hybridized carbons (Fsp3) is 0.421. The van der Waals surface area contributed by atoms with Crippen LogP contribution in [0.2, 0.25) is 0 Å². The number of imidazole rings is 1. The molecule has 3 aromatic rings. The molecule has 2 atom stereocenters. The van der Waals surface area contributed by atoms with Gasteiger partial charge in [-0.15, -0.1) is 0 Å². The largest absolute Gasteiger partial charge is 0.370 e. The van der Waals surface area contributed by atoms with E-state index in [1.165, 1.54) is 5.56 Å². The number of rotatable bonds is 7. The predicted octanol–water partition coefficient (Wildman–Crippen LogP) is 2.23.